The summed E-state index contributed by atoms with van der Waals surface area (Å²) in [4.78, 5) is 27.0. The van der Waals surface area contributed by atoms with Gasteiger partial charge in [-0.2, -0.15) is 0 Å². The topological polar surface area (TPSA) is 46.6 Å². The van der Waals surface area contributed by atoms with Crippen molar-refractivity contribution < 1.29 is 14.3 Å². The normalized spacial score (nSPS) is 22.9. The smallest absolute Gasteiger partial charge is 0.344 e. The maximum atomic E-state index is 13.0. The monoisotopic (exact) mass is 339 g/mol. The van der Waals surface area contributed by atoms with Crippen LogP contribution in [0.3, 0.4) is 0 Å². The zero-order chi connectivity index (χ0) is 16.7. The van der Waals surface area contributed by atoms with Crippen molar-refractivity contribution in [1.29, 1.82) is 0 Å². The first-order valence-electron chi connectivity index (χ1n) is 7.99. The molecule has 122 valence electrons. The van der Waals surface area contributed by atoms with Crippen molar-refractivity contribution in [2.75, 3.05) is 4.90 Å². The molecule has 0 saturated carbocycles. The molecular weight excluding hydrogens is 322 g/mol. The molecule has 1 fully saturated rings. The predicted octanol–water partition coefficient (Wildman–Crippen LogP) is 3.92. The molecule has 0 aromatic heterocycles. The lowest BCUT2D eigenvalue weighted by Crippen LogP contribution is -2.48. The SMILES string of the molecule is C[C@H](OC(=O)[C@]12CCC(=O)N1c1ccccc1S2)c1ccccc1. The van der Waals surface area contributed by atoms with E-state index < -0.39 is 4.87 Å². The molecule has 0 N–H and O–H groups in total. The number of thioether (sulfide) groups is 1. The Morgan fingerprint density at radius 1 is 1.17 bits per heavy atom. The summed E-state index contributed by atoms with van der Waals surface area (Å²) >= 11 is 1.43. The van der Waals surface area contributed by atoms with Crippen LogP contribution >= 0.6 is 11.8 Å². The molecule has 1 saturated heterocycles. The molecule has 2 aliphatic rings. The molecule has 0 aliphatic carbocycles. The molecular formula is C19H17NO3S. The lowest BCUT2D eigenvalue weighted by Gasteiger charge is -2.30. The number of nitrogens with zero attached hydrogens (tertiary/aromatic N) is 1. The lowest BCUT2D eigenvalue weighted by molar-refractivity contribution is -0.151. The van der Waals surface area contributed by atoms with Crippen LogP contribution in [0.1, 0.15) is 31.4 Å². The minimum Gasteiger partial charge on any atom is -0.455 e. The molecule has 0 radical (unpaired) electrons. The van der Waals surface area contributed by atoms with Crippen LogP contribution in [0.4, 0.5) is 5.69 Å². The van der Waals surface area contributed by atoms with E-state index in [0.29, 0.717) is 12.8 Å². The molecule has 2 heterocycles. The quantitative estimate of drug-likeness (QED) is 0.795. The van der Waals surface area contributed by atoms with E-state index in [2.05, 4.69) is 0 Å². The van der Waals surface area contributed by atoms with Gasteiger partial charge in [-0.3, -0.25) is 9.69 Å². The van der Waals surface area contributed by atoms with Crippen molar-refractivity contribution in [2.24, 2.45) is 0 Å². The number of amides is 1. The number of anilines is 1. The fraction of sp³-hybridized carbons (Fsp3) is 0.263. The number of hydrogen-bond donors (Lipinski definition) is 0. The molecule has 0 bridgehead atoms. The number of esters is 1. The highest BCUT2D eigenvalue weighted by Gasteiger charge is 2.58. The maximum absolute atomic E-state index is 13.0. The van der Waals surface area contributed by atoms with Gasteiger partial charge in [-0.25, -0.2) is 4.79 Å². The van der Waals surface area contributed by atoms with E-state index in [1.54, 1.807) is 4.90 Å². The lowest BCUT2D eigenvalue weighted by atomic mass is 10.1. The summed E-state index contributed by atoms with van der Waals surface area (Å²) in [5.41, 5.74) is 1.76. The van der Waals surface area contributed by atoms with Crippen LogP contribution < -0.4 is 4.90 Å². The van der Waals surface area contributed by atoms with Crippen LogP contribution in [0.5, 0.6) is 0 Å². The minimum absolute atomic E-state index is 0.0169. The van der Waals surface area contributed by atoms with E-state index >= 15 is 0 Å². The van der Waals surface area contributed by atoms with Crippen molar-refractivity contribution in [2.45, 2.75) is 35.6 Å². The van der Waals surface area contributed by atoms with Gasteiger partial charge in [0.25, 0.3) is 0 Å². The van der Waals surface area contributed by atoms with Crippen LogP contribution in [0.2, 0.25) is 0 Å². The van der Waals surface area contributed by atoms with Crippen LogP contribution in [-0.2, 0) is 14.3 Å². The third kappa shape index (κ3) is 2.23. The summed E-state index contributed by atoms with van der Waals surface area (Å²) in [6.07, 6.45) is 0.497. The Morgan fingerprint density at radius 3 is 2.67 bits per heavy atom. The number of carbonyl (C=O) groups excluding carboxylic acids is 2. The summed E-state index contributed by atoms with van der Waals surface area (Å²) in [5.74, 6) is -0.359. The average molecular weight is 339 g/mol. The first-order chi connectivity index (χ1) is 11.6. The maximum Gasteiger partial charge on any atom is 0.344 e. The molecule has 2 aromatic carbocycles. The van der Waals surface area contributed by atoms with Gasteiger partial charge >= 0.3 is 5.97 Å². The fourth-order valence-corrected chi connectivity index (χ4v) is 4.72. The van der Waals surface area contributed by atoms with Crippen molar-refractivity contribution in [3.63, 3.8) is 0 Å². The predicted molar refractivity (Wildman–Crippen MR) is 92.7 cm³/mol. The summed E-state index contributed by atoms with van der Waals surface area (Å²) in [6, 6.07) is 17.3. The van der Waals surface area contributed by atoms with Crippen molar-refractivity contribution in [3.05, 3.63) is 60.2 Å². The van der Waals surface area contributed by atoms with E-state index in [4.69, 9.17) is 4.74 Å². The Labute approximate surface area is 144 Å². The Balaban J connectivity index is 1.63. The summed E-state index contributed by atoms with van der Waals surface area (Å²) in [7, 11) is 0. The number of benzene rings is 2. The first-order valence-corrected chi connectivity index (χ1v) is 8.80. The largest absolute Gasteiger partial charge is 0.455 e. The third-order valence-corrected chi connectivity index (χ3v) is 6.00. The van der Waals surface area contributed by atoms with Gasteiger partial charge in [0.1, 0.15) is 6.10 Å². The second-order valence-corrected chi connectivity index (χ2v) is 7.36. The number of fused-ring (bicyclic) bond motifs is 3. The average Bonchev–Trinajstić information content (AvgIpc) is 3.12. The fourth-order valence-electron chi connectivity index (χ4n) is 3.32. The van der Waals surface area contributed by atoms with Gasteiger partial charge in [-0.15, -0.1) is 0 Å². The number of para-hydroxylation sites is 1. The molecule has 4 nitrogen and oxygen atoms in total. The van der Waals surface area contributed by atoms with Crippen LogP contribution in [0.25, 0.3) is 0 Å². The zero-order valence-electron chi connectivity index (χ0n) is 13.3. The van der Waals surface area contributed by atoms with Crippen molar-refractivity contribution in [3.8, 4) is 0 Å². The number of rotatable bonds is 3. The number of ether oxygens (including phenoxy) is 1. The van der Waals surface area contributed by atoms with Crippen LogP contribution in [0, 0.1) is 0 Å². The molecule has 1 amide bonds. The van der Waals surface area contributed by atoms with E-state index in [9.17, 15) is 9.59 Å². The van der Waals surface area contributed by atoms with E-state index in [-0.39, 0.29) is 18.0 Å². The first kappa shape index (κ1) is 15.3. The van der Waals surface area contributed by atoms with Gasteiger partial charge in [0.05, 0.1) is 5.69 Å². The molecule has 5 heteroatoms. The van der Waals surface area contributed by atoms with Crippen LogP contribution in [-0.4, -0.2) is 16.7 Å². The van der Waals surface area contributed by atoms with E-state index in [1.807, 2.05) is 61.5 Å². The van der Waals surface area contributed by atoms with Gasteiger partial charge in [0.2, 0.25) is 5.91 Å². The standard InChI is InChI=1S/C19H17NO3S/c1-13(14-7-3-2-4-8-14)23-18(22)19-12-11-17(21)20(19)15-9-5-6-10-16(15)24-19/h2-10,13H,11-12H2,1H3/t13-,19+/m0/s1. The van der Waals surface area contributed by atoms with Gasteiger partial charge in [0.15, 0.2) is 4.87 Å². The number of carbonyl (C=O) groups is 2. The Morgan fingerprint density at radius 2 is 1.88 bits per heavy atom. The Kier molecular flexibility index (Phi) is 3.61. The second-order valence-electron chi connectivity index (χ2n) is 6.04. The highest BCUT2D eigenvalue weighted by molar-refractivity contribution is 8.02. The molecule has 0 spiro atoms. The molecule has 2 aromatic rings. The van der Waals surface area contributed by atoms with Crippen molar-refractivity contribution >= 4 is 29.3 Å². The highest BCUT2D eigenvalue weighted by atomic mass is 32.2. The van der Waals surface area contributed by atoms with Gasteiger partial charge in [-0.1, -0.05) is 54.2 Å². The van der Waals surface area contributed by atoms with Gasteiger partial charge in [0, 0.05) is 17.7 Å². The molecule has 0 unspecified atom stereocenters. The minimum atomic E-state index is -0.955. The van der Waals surface area contributed by atoms with Gasteiger partial charge in [-0.05, 0) is 24.6 Å². The zero-order valence-corrected chi connectivity index (χ0v) is 14.1. The highest BCUT2D eigenvalue weighted by Crippen LogP contribution is 2.56. The number of hydrogen-bond acceptors (Lipinski definition) is 4. The molecule has 2 aliphatic heterocycles. The second kappa shape index (κ2) is 5.67. The van der Waals surface area contributed by atoms with E-state index in [0.717, 1.165) is 16.1 Å². The van der Waals surface area contributed by atoms with Gasteiger partial charge < -0.3 is 4.74 Å². The van der Waals surface area contributed by atoms with Crippen molar-refractivity contribution in [1.82, 2.24) is 0 Å². The van der Waals surface area contributed by atoms with E-state index in [1.165, 1.54) is 11.8 Å². The summed E-state index contributed by atoms with van der Waals surface area (Å²) < 4.78 is 5.75. The van der Waals surface area contributed by atoms with Crippen LogP contribution in [0.15, 0.2) is 59.5 Å². The summed E-state index contributed by atoms with van der Waals surface area (Å²) in [6.45, 7) is 1.86. The molecule has 2 atom stereocenters. The summed E-state index contributed by atoms with van der Waals surface area (Å²) in [5, 5.41) is 0. The molecule has 24 heavy (non-hydrogen) atoms. The molecule has 4 rings (SSSR count). The third-order valence-electron chi connectivity index (χ3n) is 4.55. The Hall–Kier alpha value is -2.27. The Bertz CT molecular complexity index is 807.